The summed E-state index contributed by atoms with van der Waals surface area (Å²) < 4.78 is 25.0. The molecule has 2 aliphatic rings. The smallest absolute Gasteiger partial charge is 0.242 e. The van der Waals surface area contributed by atoms with Gasteiger partial charge in [-0.1, -0.05) is 107 Å². The zero-order valence-electron chi connectivity index (χ0n) is 37.9. The first-order valence-electron chi connectivity index (χ1n) is 22.6. The number of carbonyl (C=O) groups is 4. The second-order valence-electron chi connectivity index (χ2n) is 18.5. The predicted octanol–water partition coefficient (Wildman–Crippen LogP) is 3.66. The third-order valence-electron chi connectivity index (χ3n) is 12.2. The Morgan fingerprint density at radius 1 is 0.567 bits per heavy atom. The first kappa shape index (κ1) is 56.1. The Balaban J connectivity index is 0.000000600. The molecule has 2 fully saturated rings. The summed E-state index contributed by atoms with van der Waals surface area (Å²) in [5.74, 6) is -1.51. The Kier molecular flexibility index (Phi) is 26.2. The van der Waals surface area contributed by atoms with Gasteiger partial charge in [-0.15, -0.1) is 0 Å². The Bertz CT molecular complexity index is 1290. The largest absolute Gasteiger partial charge is 0.391 e. The molecule has 2 saturated carbocycles. The summed E-state index contributed by atoms with van der Waals surface area (Å²) in [5, 5.41) is 31.1. The molecule has 0 bridgehead atoms. The lowest BCUT2D eigenvalue weighted by molar-refractivity contribution is -0.131. The number of hydrogen-bond donors (Lipinski definition) is 10. The monoisotopic (exact) mass is 895 g/mol. The van der Waals surface area contributed by atoms with Crippen LogP contribution in [0.15, 0.2) is 0 Å². The van der Waals surface area contributed by atoms with Crippen molar-refractivity contribution < 1.29 is 48.3 Å². The number of aliphatic hydroxyl groups is 2. The van der Waals surface area contributed by atoms with Crippen LogP contribution < -0.4 is 32.7 Å². The standard InChI is InChI=1S/2C21H42N3O5P/c2*1-5-15(4)19(24-20(26)18(22)14(2)3)21(27)23-11-17(25)13-30(28,29)12-16-9-7-6-8-10-16/h2*14-19,25H,5-13,22H2,1-4H3,(H,23,27)(H,24,26)(H,28,29)/t15?,17-,18+,19+;15?,17-,18+,19-/m11/s1. The summed E-state index contributed by atoms with van der Waals surface area (Å²) in [6.45, 7) is 14.6. The highest BCUT2D eigenvalue weighted by atomic mass is 31.2. The number of nitrogens with one attached hydrogen (secondary N) is 4. The molecule has 0 aromatic rings. The van der Waals surface area contributed by atoms with Crippen LogP contribution in [-0.2, 0) is 28.3 Å². The van der Waals surface area contributed by atoms with Crippen LogP contribution in [0.25, 0.3) is 0 Å². The number of carbonyl (C=O) groups excluding carboxylic acids is 4. The first-order chi connectivity index (χ1) is 27.9. The van der Waals surface area contributed by atoms with Gasteiger partial charge in [0.1, 0.15) is 12.1 Å². The molecule has 0 aromatic heterocycles. The van der Waals surface area contributed by atoms with Crippen molar-refractivity contribution in [3.8, 4) is 0 Å². The molecule has 0 saturated heterocycles. The average molecular weight is 895 g/mol. The van der Waals surface area contributed by atoms with Gasteiger partial charge < -0.3 is 52.7 Å². The lowest BCUT2D eigenvalue weighted by atomic mass is 9.91. The van der Waals surface area contributed by atoms with Crippen molar-refractivity contribution >= 4 is 38.4 Å². The third kappa shape index (κ3) is 21.9. The van der Waals surface area contributed by atoms with Crippen molar-refractivity contribution in [2.45, 2.75) is 169 Å². The predicted molar refractivity (Wildman–Crippen MR) is 239 cm³/mol. The van der Waals surface area contributed by atoms with Crippen molar-refractivity contribution in [2.24, 2.45) is 47.0 Å². The molecule has 10 atom stereocenters. The van der Waals surface area contributed by atoms with E-state index in [4.69, 9.17) is 11.5 Å². The maximum Gasteiger partial charge on any atom is 0.242 e. The Morgan fingerprint density at radius 2 is 0.867 bits per heavy atom. The zero-order valence-corrected chi connectivity index (χ0v) is 39.7. The number of nitrogens with two attached hydrogens (primary N) is 2. The molecule has 60 heavy (non-hydrogen) atoms. The van der Waals surface area contributed by atoms with E-state index in [0.717, 1.165) is 51.4 Å². The van der Waals surface area contributed by atoms with Crippen molar-refractivity contribution in [1.82, 2.24) is 21.3 Å². The summed E-state index contributed by atoms with van der Waals surface area (Å²) in [6, 6.07) is -2.98. The molecule has 4 amide bonds. The lowest BCUT2D eigenvalue weighted by Gasteiger charge is -2.27. The molecule has 0 aliphatic heterocycles. The summed E-state index contributed by atoms with van der Waals surface area (Å²) in [5.41, 5.74) is 11.8. The number of amides is 4. The Hall–Kier alpha value is -1.90. The molecule has 18 heteroatoms. The maximum absolute atomic E-state index is 12.6. The SMILES string of the molecule is CCC(C)[C@@H](NC(=O)[C@@H](N)C(C)C)C(=O)NC[C@@H](O)CP(=O)(O)CC1CCCCC1.CCC(C)[C@H](NC(=O)[C@@H](N)C(C)C)C(=O)NC[C@@H](O)CP(=O)(O)CC1CCCCC1. The molecule has 0 radical (unpaired) electrons. The van der Waals surface area contributed by atoms with Crippen LogP contribution in [0.2, 0.25) is 0 Å². The second kappa shape index (κ2) is 28.0. The van der Waals surface area contributed by atoms with Crippen molar-refractivity contribution in [3.63, 3.8) is 0 Å². The van der Waals surface area contributed by atoms with Crippen molar-refractivity contribution in [2.75, 3.05) is 37.7 Å². The summed E-state index contributed by atoms with van der Waals surface area (Å²) >= 11 is 0. The highest BCUT2D eigenvalue weighted by Gasteiger charge is 2.33. The summed E-state index contributed by atoms with van der Waals surface area (Å²) in [7, 11) is -6.92. The van der Waals surface area contributed by atoms with Gasteiger partial charge in [0.2, 0.25) is 38.4 Å². The zero-order chi connectivity index (χ0) is 45.8. The number of hydrogen-bond acceptors (Lipinski definition) is 10. The second-order valence-corrected chi connectivity index (χ2v) is 23.4. The van der Waals surface area contributed by atoms with Crippen LogP contribution in [0.5, 0.6) is 0 Å². The first-order valence-corrected chi connectivity index (χ1v) is 26.6. The van der Waals surface area contributed by atoms with Gasteiger partial charge in [0, 0.05) is 25.4 Å². The van der Waals surface area contributed by atoms with E-state index in [1.165, 1.54) is 12.8 Å². The van der Waals surface area contributed by atoms with E-state index in [1.54, 1.807) is 0 Å². The van der Waals surface area contributed by atoms with Gasteiger partial charge in [0.25, 0.3) is 0 Å². The molecule has 2 rings (SSSR count). The molecule has 16 nitrogen and oxygen atoms in total. The van der Waals surface area contributed by atoms with E-state index in [0.29, 0.717) is 12.8 Å². The Labute approximate surface area is 360 Å². The minimum absolute atomic E-state index is 0.0599. The lowest BCUT2D eigenvalue weighted by Crippen LogP contribution is -2.55. The molecule has 4 unspecified atom stereocenters. The van der Waals surface area contributed by atoms with E-state index in [9.17, 15) is 48.3 Å². The van der Waals surface area contributed by atoms with Crippen LogP contribution >= 0.6 is 14.7 Å². The van der Waals surface area contributed by atoms with Crippen LogP contribution in [0.1, 0.15) is 132 Å². The summed E-state index contributed by atoms with van der Waals surface area (Å²) in [6.07, 6.45) is 9.69. The van der Waals surface area contributed by atoms with Crippen LogP contribution in [-0.4, -0.2) is 118 Å². The minimum Gasteiger partial charge on any atom is -0.391 e. The molecule has 2 aliphatic carbocycles. The van der Waals surface area contributed by atoms with Gasteiger partial charge in [0.15, 0.2) is 0 Å². The quantitative estimate of drug-likeness (QED) is 0.0622. The molecular formula is C42H84N6O10P2. The van der Waals surface area contributed by atoms with Crippen LogP contribution in [0, 0.1) is 35.5 Å². The molecule has 352 valence electrons. The molecule has 0 heterocycles. The number of rotatable bonds is 24. The molecule has 0 aromatic carbocycles. The van der Waals surface area contributed by atoms with Gasteiger partial charge in [-0.05, 0) is 61.2 Å². The van der Waals surface area contributed by atoms with Gasteiger partial charge >= 0.3 is 0 Å². The highest BCUT2D eigenvalue weighted by Crippen LogP contribution is 2.47. The van der Waals surface area contributed by atoms with Gasteiger partial charge in [-0.2, -0.15) is 0 Å². The van der Waals surface area contributed by atoms with E-state index in [1.807, 2.05) is 55.4 Å². The fourth-order valence-corrected chi connectivity index (χ4v) is 11.9. The van der Waals surface area contributed by atoms with Gasteiger partial charge in [-0.3, -0.25) is 28.3 Å². The topological polar surface area (TPSA) is 284 Å². The number of aliphatic hydroxyl groups excluding tert-OH is 2. The van der Waals surface area contributed by atoms with Crippen LogP contribution in [0.3, 0.4) is 0 Å². The Morgan fingerprint density at radius 3 is 1.13 bits per heavy atom. The maximum atomic E-state index is 12.6. The summed E-state index contributed by atoms with van der Waals surface area (Å²) in [4.78, 5) is 70.5. The highest BCUT2D eigenvalue weighted by molar-refractivity contribution is 7.58. The fraction of sp³-hybridized carbons (Fsp3) is 0.905. The van der Waals surface area contributed by atoms with E-state index >= 15 is 0 Å². The van der Waals surface area contributed by atoms with Crippen molar-refractivity contribution in [3.05, 3.63) is 0 Å². The average Bonchev–Trinajstić information content (AvgIpc) is 3.18. The van der Waals surface area contributed by atoms with E-state index < -0.39 is 74.7 Å². The van der Waals surface area contributed by atoms with Gasteiger partial charge in [-0.25, -0.2) is 0 Å². The minimum atomic E-state index is -3.46. The normalized spacial score (nSPS) is 21.3. The van der Waals surface area contributed by atoms with E-state index in [2.05, 4.69) is 21.3 Å². The van der Waals surface area contributed by atoms with Gasteiger partial charge in [0.05, 0.1) is 36.6 Å². The van der Waals surface area contributed by atoms with E-state index in [-0.39, 0.29) is 73.2 Å². The molecule has 0 spiro atoms. The van der Waals surface area contributed by atoms with Crippen LogP contribution in [0.4, 0.5) is 0 Å². The fourth-order valence-electron chi connectivity index (χ4n) is 7.65. The molecule has 12 N–H and O–H groups in total. The van der Waals surface area contributed by atoms with Crippen molar-refractivity contribution in [1.29, 1.82) is 0 Å². The molecular weight excluding hydrogens is 810 g/mol. The third-order valence-corrected chi connectivity index (χ3v) is 16.3.